The van der Waals surface area contributed by atoms with Crippen molar-refractivity contribution in [3.8, 4) is 32.4 Å². The highest BCUT2D eigenvalue weighted by atomic mass is 32.1. The molecule has 0 atom stereocenters. The third kappa shape index (κ3) is 7.12. The lowest BCUT2D eigenvalue weighted by molar-refractivity contribution is -0.254. The Bertz CT molecular complexity index is 2930. The summed E-state index contributed by atoms with van der Waals surface area (Å²) in [5.74, 6) is -15.1. The monoisotopic (exact) mass is 868 g/mol. The van der Waals surface area contributed by atoms with Crippen LogP contribution in [0.3, 0.4) is 0 Å². The Kier molecular flexibility index (Phi) is 9.82. The first-order valence-electron chi connectivity index (χ1n) is 18.7. The summed E-state index contributed by atoms with van der Waals surface area (Å²) in [7, 11) is 0. The summed E-state index contributed by atoms with van der Waals surface area (Å²) >= 11 is 2.06. The van der Waals surface area contributed by atoms with E-state index < -0.39 is 40.2 Å². The summed E-state index contributed by atoms with van der Waals surface area (Å²) < 4.78 is 117. The minimum Gasteiger partial charge on any atom is -0.489 e. The zero-order chi connectivity index (χ0) is 42.8. The average Bonchev–Trinajstić information content (AvgIpc) is 3.84. The molecule has 0 bridgehead atoms. The minimum atomic E-state index is -5.71. The summed E-state index contributed by atoms with van der Waals surface area (Å²) in [6.45, 7) is 3.26. The van der Waals surface area contributed by atoms with E-state index in [0.717, 1.165) is 44.6 Å². The summed E-state index contributed by atoms with van der Waals surface area (Å²) in [6.07, 6.45) is 0. The number of thiophene rings is 2. The van der Waals surface area contributed by atoms with Crippen molar-refractivity contribution in [1.82, 2.24) is 0 Å². The Morgan fingerprint density at radius 1 is 0.508 bits per heavy atom. The number of halogens is 6. The second-order valence-corrected chi connectivity index (χ2v) is 17.0. The number of alkyl halides is 6. The number of hydrogen-bond acceptors (Lipinski definition) is 8. The lowest BCUT2D eigenvalue weighted by Crippen LogP contribution is -2.48. The number of benzene rings is 4. The van der Waals surface area contributed by atoms with Gasteiger partial charge < -0.3 is 18.3 Å². The highest BCUT2D eigenvalue weighted by molar-refractivity contribution is 7.16. The molecule has 0 radical (unpaired) electrons. The minimum absolute atomic E-state index is 0.169. The Balaban J connectivity index is 0.974. The molecule has 0 spiro atoms. The van der Waals surface area contributed by atoms with E-state index in [9.17, 15) is 9.59 Å². The molecule has 6 nitrogen and oxygen atoms in total. The molecule has 4 aromatic carbocycles. The molecular weight excluding hydrogens is 839 g/mol. The van der Waals surface area contributed by atoms with Crippen LogP contribution in [0.5, 0.6) is 11.5 Å². The zero-order valence-electron chi connectivity index (χ0n) is 32.0. The predicted octanol–water partition coefficient (Wildman–Crippen LogP) is 13.0. The normalized spacial score (nSPS) is 15.5. The van der Waals surface area contributed by atoms with Crippen molar-refractivity contribution in [2.45, 2.75) is 44.8 Å². The van der Waals surface area contributed by atoms with Gasteiger partial charge in [-0.3, -0.25) is 0 Å². The third-order valence-corrected chi connectivity index (χ3v) is 12.7. The van der Waals surface area contributed by atoms with E-state index in [1.807, 2.05) is 12.1 Å². The van der Waals surface area contributed by atoms with Crippen LogP contribution in [0.4, 0.5) is 26.3 Å². The lowest BCUT2D eigenvalue weighted by atomic mass is 9.94. The maximum Gasteiger partial charge on any atom is 0.380 e. The summed E-state index contributed by atoms with van der Waals surface area (Å²) in [4.78, 5) is 24.1. The van der Waals surface area contributed by atoms with Crippen molar-refractivity contribution < 1.29 is 44.7 Å². The first-order valence-corrected chi connectivity index (χ1v) is 20.3. The summed E-state index contributed by atoms with van der Waals surface area (Å²) in [5, 5.41) is 1.45. The van der Waals surface area contributed by atoms with Gasteiger partial charge in [0.05, 0.1) is 0 Å². The molecule has 308 valence electrons. The fourth-order valence-electron chi connectivity index (χ4n) is 7.36. The van der Waals surface area contributed by atoms with E-state index in [2.05, 4.69) is 0 Å². The van der Waals surface area contributed by atoms with Crippen LogP contribution < -0.4 is 20.7 Å². The van der Waals surface area contributed by atoms with E-state index >= 15 is 26.3 Å². The van der Waals surface area contributed by atoms with Crippen LogP contribution in [-0.4, -0.2) is 17.8 Å². The van der Waals surface area contributed by atoms with Crippen molar-refractivity contribution in [2.24, 2.45) is 0 Å². The van der Waals surface area contributed by atoms with Crippen LogP contribution in [0.2, 0.25) is 0 Å². The molecule has 4 aromatic heterocycles. The average molecular weight is 869 g/mol. The highest BCUT2D eigenvalue weighted by Gasteiger charge is 2.80. The molecule has 0 amide bonds. The molecule has 0 saturated carbocycles. The molecule has 0 fully saturated rings. The van der Waals surface area contributed by atoms with Crippen molar-refractivity contribution in [3.05, 3.63) is 174 Å². The number of fused-ring (bicyclic) bond motifs is 2. The van der Waals surface area contributed by atoms with Crippen LogP contribution in [-0.2, 0) is 13.2 Å². The van der Waals surface area contributed by atoms with Gasteiger partial charge in [-0.1, -0.05) is 12.1 Å². The van der Waals surface area contributed by atoms with E-state index in [4.69, 9.17) is 18.3 Å². The maximum absolute atomic E-state index is 15.9. The topological polar surface area (TPSA) is 78.9 Å². The van der Waals surface area contributed by atoms with Gasteiger partial charge >= 0.3 is 29.0 Å². The quantitative estimate of drug-likeness (QED) is 0.101. The molecule has 0 aliphatic heterocycles. The van der Waals surface area contributed by atoms with Gasteiger partial charge in [0.2, 0.25) is 0 Å². The Morgan fingerprint density at radius 3 is 1.30 bits per heavy atom. The first kappa shape index (κ1) is 40.0. The van der Waals surface area contributed by atoms with E-state index in [1.54, 1.807) is 84.9 Å². The number of rotatable bonds is 10. The van der Waals surface area contributed by atoms with Crippen molar-refractivity contribution in [2.75, 3.05) is 0 Å². The van der Waals surface area contributed by atoms with Gasteiger partial charge in [-0.15, -0.1) is 22.7 Å². The van der Waals surface area contributed by atoms with E-state index in [0.29, 0.717) is 43.5 Å². The largest absolute Gasteiger partial charge is 0.489 e. The smallest absolute Gasteiger partial charge is 0.380 e. The van der Waals surface area contributed by atoms with Gasteiger partial charge in [-0.2, -0.15) is 26.3 Å². The van der Waals surface area contributed by atoms with Gasteiger partial charge in [0.1, 0.15) is 35.9 Å². The number of allylic oxidation sites excluding steroid dienone is 2. The number of aryl methyl sites for hydroxylation is 2. The van der Waals surface area contributed by atoms with Crippen molar-refractivity contribution in [1.29, 1.82) is 0 Å². The first-order chi connectivity index (χ1) is 29.1. The fourth-order valence-corrected chi connectivity index (χ4v) is 9.43. The molecule has 0 unspecified atom stereocenters. The fraction of sp³-hybridized carbons (Fsp3) is 0.149. The predicted molar refractivity (Wildman–Crippen MR) is 224 cm³/mol. The highest BCUT2D eigenvalue weighted by Crippen LogP contribution is 2.66. The van der Waals surface area contributed by atoms with Crippen LogP contribution in [0.15, 0.2) is 140 Å². The van der Waals surface area contributed by atoms with Gasteiger partial charge in [0.25, 0.3) is 0 Å². The van der Waals surface area contributed by atoms with Gasteiger partial charge in [0, 0.05) is 53.6 Å². The van der Waals surface area contributed by atoms with Crippen LogP contribution in [0, 0.1) is 13.8 Å². The molecule has 8 aromatic rings. The van der Waals surface area contributed by atoms with Crippen LogP contribution in [0.1, 0.15) is 32.0 Å². The van der Waals surface area contributed by atoms with Gasteiger partial charge in [0.15, 0.2) is 0 Å². The van der Waals surface area contributed by atoms with Crippen molar-refractivity contribution in [3.63, 3.8) is 0 Å². The zero-order valence-corrected chi connectivity index (χ0v) is 33.6. The molecular formula is C47H30F6O6S2. The summed E-state index contributed by atoms with van der Waals surface area (Å²) in [5.41, 5.74) is -0.882. The third-order valence-electron chi connectivity index (χ3n) is 10.5. The Morgan fingerprint density at radius 2 is 0.902 bits per heavy atom. The second kappa shape index (κ2) is 15.0. The molecule has 14 heteroatoms. The molecule has 9 rings (SSSR count). The van der Waals surface area contributed by atoms with Gasteiger partial charge in [-0.05, 0) is 144 Å². The molecule has 61 heavy (non-hydrogen) atoms. The molecule has 1 aliphatic carbocycles. The molecule has 0 N–H and O–H groups in total. The van der Waals surface area contributed by atoms with E-state index in [1.165, 1.54) is 38.1 Å². The summed E-state index contributed by atoms with van der Waals surface area (Å²) in [6, 6.07) is 32.3. The maximum atomic E-state index is 15.9. The van der Waals surface area contributed by atoms with Crippen LogP contribution in [0.25, 0.3) is 54.0 Å². The van der Waals surface area contributed by atoms with E-state index in [-0.39, 0.29) is 34.1 Å². The van der Waals surface area contributed by atoms with Crippen molar-refractivity contribution >= 4 is 55.8 Å². The van der Waals surface area contributed by atoms with Gasteiger partial charge in [-0.25, -0.2) is 9.59 Å². The van der Waals surface area contributed by atoms with Crippen LogP contribution >= 0.6 is 22.7 Å². The Labute approximate surface area is 350 Å². The molecule has 4 heterocycles. The standard InChI is InChI=1S/C47H30F6O6S2/c1-25-35(21-39(60-25)29-5-11-33(12-6-29)56-23-27-3-15-37-31(19-27)9-17-41(54)58-37)43-44(46(50,51)47(52,53)45(43,48)49)36-22-40(61-26(36)2)30-7-13-34(14-8-30)57-24-28-4-16-38-32(20-28)10-18-42(55)59-38/h3-22H,23-24H2,1-2H3. The number of hydrogen-bond donors (Lipinski definition) is 0. The SMILES string of the molecule is Cc1sc(-c2ccc(OCc3ccc4oc(=O)ccc4c3)cc2)cc1C1=C(c2cc(-c3ccc(OCc4ccc5oc(=O)ccc5c4)cc3)sc2C)C(F)(F)C(F)(F)C1(F)F. The lowest BCUT2D eigenvalue weighted by Gasteiger charge is -2.25. The molecule has 1 aliphatic rings. The Hall–Kier alpha value is -6.38. The molecule has 0 saturated heterocycles. The second-order valence-electron chi connectivity index (χ2n) is 14.5. The number of ether oxygens (including phenoxy) is 2.